The number of nitrogens with one attached hydrogen (secondary N) is 1. The van der Waals surface area contributed by atoms with Crippen LogP contribution in [0.2, 0.25) is 0 Å². The number of hydrogen-bond donors (Lipinski definition) is 1. The molecule has 0 saturated carbocycles. The first-order valence-corrected chi connectivity index (χ1v) is 6.66. The fourth-order valence-corrected chi connectivity index (χ4v) is 1.83. The molecular formula is C15H23N3O. The van der Waals surface area contributed by atoms with E-state index in [0.29, 0.717) is 0 Å². The Bertz CT molecular complexity index is 546. The molecule has 0 aliphatic carbocycles. The molecule has 0 fully saturated rings. The van der Waals surface area contributed by atoms with E-state index in [1.807, 2.05) is 25.4 Å². The van der Waals surface area contributed by atoms with Crippen LogP contribution in [-0.4, -0.2) is 15.1 Å². The topological polar surface area (TPSA) is 43.0 Å². The molecule has 0 aliphatic heterocycles. The molecule has 2 aromatic heterocycles. The van der Waals surface area contributed by atoms with Crippen LogP contribution in [0.25, 0.3) is 0 Å². The van der Waals surface area contributed by atoms with Gasteiger partial charge in [-0.05, 0) is 46.8 Å². The van der Waals surface area contributed by atoms with Gasteiger partial charge in [0.2, 0.25) is 0 Å². The Balaban J connectivity index is 2.00. The summed E-state index contributed by atoms with van der Waals surface area (Å²) in [5.74, 6) is 1.94. The number of aromatic nitrogens is 2. The van der Waals surface area contributed by atoms with E-state index in [1.54, 1.807) is 0 Å². The number of aryl methyl sites for hydroxylation is 1. The van der Waals surface area contributed by atoms with Gasteiger partial charge < -0.3 is 14.3 Å². The Kier molecular flexibility index (Phi) is 3.80. The van der Waals surface area contributed by atoms with Crippen LogP contribution in [0.15, 0.2) is 22.9 Å². The summed E-state index contributed by atoms with van der Waals surface area (Å²) in [4.78, 5) is 4.30. The van der Waals surface area contributed by atoms with Crippen molar-refractivity contribution in [2.24, 2.45) is 0 Å². The van der Waals surface area contributed by atoms with Gasteiger partial charge >= 0.3 is 0 Å². The van der Waals surface area contributed by atoms with E-state index in [4.69, 9.17) is 4.42 Å². The largest absolute Gasteiger partial charge is 0.463 e. The summed E-state index contributed by atoms with van der Waals surface area (Å²) < 4.78 is 7.94. The summed E-state index contributed by atoms with van der Waals surface area (Å²) >= 11 is 0. The predicted molar refractivity (Wildman–Crippen MR) is 76.1 cm³/mol. The zero-order chi connectivity index (χ0) is 14.0. The van der Waals surface area contributed by atoms with Crippen LogP contribution in [0, 0.1) is 13.8 Å². The van der Waals surface area contributed by atoms with Crippen molar-refractivity contribution in [1.29, 1.82) is 0 Å². The first-order chi connectivity index (χ1) is 8.85. The summed E-state index contributed by atoms with van der Waals surface area (Å²) in [6.45, 7) is 12.0. The number of furan rings is 1. The quantitative estimate of drug-likeness (QED) is 0.920. The molecule has 2 aromatic rings. The Hall–Kier alpha value is -1.55. The lowest BCUT2D eigenvalue weighted by atomic mass is 10.1. The Labute approximate surface area is 114 Å². The molecule has 104 valence electrons. The minimum absolute atomic E-state index is 0.102. The van der Waals surface area contributed by atoms with Crippen molar-refractivity contribution in [3.63, 3.8) is 0 Å². The molecule has 0 aromatic carbocycles. The standard InChI is InChI=1S/C15H23N3O/c1-11-12(2)18(10-16-11)9-14-7-6-13(19-14)8-17-15(3,4)5/h6-7,10,17H,8-9H2,1-5H3. The highest BCUT2D eigenvalue weighted by molar-refractivity contribution is 5.13. The minimum Gasteiger partial charge on any atom is -0.463 e. The normalized spacial score (nSPS) is 12.1. The van der Waals surface area contributed by atoms with Gasteiger partial charge in [-0.1, -0.05) is 0 Å². The van der Waals surface area contributed by atoms with Gasteiger partial charge in [0.25, 0.3) is 0 Å². The molecule has 1 N–H and O–H groups in total. The zero-order valence-corrected chi connectivity index (χ0v) is 12.4. The maximum atomic E-state index is 5.84. The molecule has 0 unspecified atom stereocenters. The van der Waals surface area contributed by atoms with Crippen molar-refractivity contribution < 1.29 is 4.42 Å². The highest BCUT2D eigenvalue weighted by atomic mass is 16.3. The monoisotopic (exact) mass is 261 g/mol. The minimum atomic E-state index is 0.102. The van der Waals surface area contributed by atoms with Crippen molar-refractivity contribution in [3.8, 4) is 0 Å². The van der Waals surface area contributed by atoms with E-state index >= 15 is 0 Å². The first kappa shape index (κ1) is 13.9. The van der Waals surface area contributed by atoms with Crippen molar-refractivity contribution >= 4 is 0 Å². The van der Waals surface area contributed by atoms with Gasteiger partial charge in [0.1, 0.15) is 11.5 Å². The molecule has 0 spiro atoms. The smallest absolute Gasteiger partial charge is 0.123 e. The molecule has 19 heavy (non-hydrogen) atoms. The van der Waals surface area contributed by atoms with Crippen molar-refractivity contribution in [2.45, 2.75) is 53.2 Å². The second kappa shape index (κ2) is 5.21. The van der Waals surface area contributed by atoms with Gasteiger partial charge in [-0.15, -0.1) is 0 Å². The van der Waals surface area contributed by atoms with Crippen LogP contribution in [0.3, 0.4) is 0 Å². The molecule has 2 rings (SSSR count). The van der Waals surface area contributed by atoms with Crippen LogP contribution >= 0.6 is 0 Å². The van der Waals surface area contributed by atoms with Gasteiger partial charge in [-0.2, -0.15) is 0 Å². The molecule has 0 amide bonds. The highest BCUT2D eigenvalue weighted by Gasteiger charge is 2.11. The van der Waals surface area contributed by atoms with Crippen molar-refractivity contribution in [3.05, 3.63) is 41.4 Å². The molecule has 0 radical (unpaired) electrons. The summed E-state index contributed by atoms with van der Waals surface area (Å²) in [6, 6.07) is 4.07. The Morgan fingerprint density at radius 3 is 2.47 bits per heavy atom. The average Bonchev–Trinajstić information content (AvgIpc) is 2.88. The second-order valence-electron chi connectivity index (χ2n) is 6.01. The molecule has 0 aliphatic rings. The third-order valence-electron chi connectivity index (χ3n) is 3.18. The number of nitrogens with zero attached hydrogens (tertiary/aromatic N) is 2. The van der Waals surface area contributed by atoms with E-state index in [2.05, 4.69) is 42.6 Å². The second-order valence-corrected chi connectivity index (χ2v) is 6.01. The first-order valence-electron chi connectivity index (χ1n) is 6.66. The SMILES string of the molecule is Cc1ncn(Cc2ccc(CNC(C)(C)C)o2)c1C. The van der Waals surface area contributed by atoms with Gasteiger partial charge in [0.15, 0.2) is 0 Å². The average molecular weight is 261 g/mol. The molecular weight excluding hydrogens is 238 g/mol. The molecule has 0 atom stereocenters. The van der Waals surface area contributed by atoms with Crippen LogP contribution in [0.4, 0.5) is 0 Å². The lowest BCUT2D eigenvalue weighted by Crippen LogP contribution is -2.34. The van der Waals surface area contributed by atoms with Crippen LogP contribution in [-0.2, 0) is 13.1 Å². The van der Waals surface area contributed by atoms with Gasteiger partial charge in [0.05, 0.1) is 25.1 Å². The van der Waals surface area contributed by atoms with Crippen LogP contribution in [0.5, 0.6) is 0 Å². The van der Waals surface area contributed by atoms with E-state index in [1.165, 1.54) is 5.69 Å². The van der Waals surface area contributed by atoms with Crippen LogP contribution in [0.1, 0.15) is 43.7 Å². The van der Waals surface area contributed by atoms with Crippen LogP contribution < -0.4 is 5.32 Å². The fourth-order valence-electron chi connectivity index (χ4n) is 1.83. The summed E-state index contributed by atoms with van der Waals surface area (Å²) in [5, 5.41) is 3.42. The highest BCUT2D eigenvalue weighted by Crippen LogP contribution is 2.13. The summed E-state index contributed by atoms with van der Waals surface area (Å²) in [6.07, 6.45) is 1.86. The van der Waals surface area contributed by atoms with E-state index < -0.39 is 0 Å². The lowest BCUT2D eigenvalue weighted by Gasteiger charge is -2.19. The lowest BCUT2D eigenvalue weighted by molar-refractivity contribution is 0.376. The third kappa shape index (κ3) is 3.70. The summed E-state index contributed by atoms with van der Waals surface area (Å²) in [7, 11) is 0. The van der Waals surface area contributed by atoms with Gasteiger partial charge in [-0.25, -0.2) is 4.98 Å². The number of rotatable bonds is 4. The molecule has 4 nitrogen and oxygen atoms in total. The molecule has 2 heterocycles. The number of imidazole rings is 1. The van der Waals surface area contributed by atoms with Crippen molar-refractivity contribution in [1.82, 2.24) is 14.9 Å². The van der Waals surface area contributed by atoms with Gasteiger partial charge in [-0.3, -0.25) is 0 Å². The summed E-state index contributed by atoms with van der Waals surface area (Å²) in [5.41, 5.74) is 2.36. The molecule has 4 heteroatoms. The fraction of sp³-hybridized carbons (Fsp3) is 0.533. The molecule has 0 bridgehead atoms. The zero-order valence-electron chi connectivity index (χ0n) is 12.4. The third-order valence-corrected chi connectivity index (χ3v) is 3.18. The number of hydrogen-bond acceptors (Lipinski definition) is 3. The van der Waals surface area contributed by atoms with E-state index in [0.717, 1.165) is 30.3 Å². The Morgan fingerprint density at radius 2 is 1.89 bits per heavy atom. The molecule has 0 saturated heterocycles. The Morgan fingerprint density at radius 1 is 1.21 bits per heavy atom. The van der Waals surface area contributed by atoms with Crippen molar-refractivity contribution in [2.75, 3.05) is 0 Å². The van der Waals surface area contributed by atoms with E-state index in [9.17, 15) is 0 Å². The van der Waals surface area contributed by atoms with Gasteiger partial charge in [0, 0.05) is 11.2 Å². The maximum absolute atomic E-state index is 5.84. The maximum Gasteiger partial charge on any atom is 0.123 e. The van der Waals surface area contributed by atoms with E-state index in [-0.39, 0.29) is 5.54 Å². The predicted octanol–water partition coefficient (Wildman–Crippen LogP) is 3.03.